The van der Waals surface area contributed by atoms with Crippen molar-refractivity contribution in [1.82, 2.24) is 4.98 Å². The Balaban J connectivity index is 1.85. The summed E-state index contributed by atoms with van der Waals surface area (Å²) in [6.45, 7) is 1.59. The molecule has 0 aliphatic carbocycles. The van der Waals surface area contributed by atoms with Gasteiger partial charge in [0.15, 0.2) is 5.78 Å². The van der Waals surface area contributed by atoms with E-state index in [0.29, 0.717) is 17.6 Å². The zero-order chi connectivity index (χ0) is 17.5. The van der Waals surface area contributed by atoms with E-state index in [0.717, 1.165) is 5.56 Å². The molecule has 4 nitrogen and oxygen atoms in total. The van der Waals surface area contributed by atoms with Crippen molar-refractivity contribution < 1.29 is 27.6 Å². The smallest absolute Gasteiger partial charge is 0.423 e. The number of Topliss-reactive ketones (excluding diaryl/α,β-unsaturated/α-hetero) is 1. The van der Waals surface area contributed by atoms with Crippen LogP contribution in [0, 0.1) is 6.92 Å². The van der Waals surface area contributed by atoms with Crippen LogP contribution in [0.2, 0.25) is 0 Å². The molecule has 2 aromatic rings. The Morgan fingerprint density at radius 2 is 2.08 bits per heavy atom. The molecule has 8 heteroatoms. The topological polar surface area (TPSA) is 59.4 Å². The number of pyridine rings is 1. The van der Waals surface area contributed by atoms with Crippen molar-refractivity contribution in [2.45, 2.75) is 26.1 Å². The van der Waals surface area contributed by atoms with E-state index in [1.807, 2.05) is 0 Å². The number of carbonyl (C=O) groups is 1. The van der Waals surface area contributed by atoms with Crippen LogP contribution in [0.3, 0.4) is 0 Å². The van der Waals surface area contributed by atoms with Gasteiger partial charge in [-0.3, -0.25) is 4.79 Å². The number of halogens is 3. The van der Waals surface area contributed by atoms with Crippen molar-refractivity contribution in [1.29, 1.82) is 0 Å². The number of rotatable bonds is 3. The molecule has 124 valence electrons. The van der Waals surface area contributed by atoms with E-state index in [4.69, 9.17) is 4.65 Å². The van der Waals surface area contributed by atoms with Gasteiger partial charge >= 0.3 is 13.3 Å². The minimum absolute atomic E-state index is 0.0307. The lowest BCUT2D eigenvalue weighted by Gasteiger charge is -2.10. The highest BCUT2D eigenvalue weighted by Gasteiger charge is 2.35. The third-order valence-corrected chi connectivity index (χ3v) is 3.89. The number of benzene rings is 1. The number of alkyl halides is 3. The molecule has 24 heavy (non-hydrogen) atoms. The molecule has 1 aliphatic heterocycles. The Kier molecular flexibility index (Phi) is 4.19. The van der Waals surface area contributed by atoms with Gasteiger partial charge in [-0.1, -0.05) is 24.3 Å². The summed E-state index contributed by atoms with van der Waals surface area (Å²) in [7, 11) is -1.04. The van der Waals surface area contributed by atoms with Crippen LogP contribution in [-0.4, -0.2) is 22.9 Å². The molecule has 1 aliphatic rings. The van der Waals surface area contributed by atoms with E-state index in [1.165, 1.54) is 19.1 Å². The normalized spacial score (nSPS) is 14.0. The number of ketones is 1. The lowest BCUT2D eigenvalue weighted by atomic mass is 9.78. The Morgan fingerprint density at radius 1 is 1.33 bits per heavy atom. The summed E-state index contributed by atoms with van der Waals surface area (Å²) in [5, 5.41) is 9.67. The molecule has 0 saturated heterocycles. The molecule has 0 spiro atoms. The van der Waals surface area contributed by atoms with Gasteiger partial charge in [-0.25, -0.2) is 4.98 Å². The van der Waals surface area contributed by atoms with Crippen molar-refractivity contribution in [2.75, 3.05) is 0 Å². The molecular weight excluding hydrogens is 322 g/mol. The van der Waals surface area contributed by atoms with Crippen LogP contribution in [0.4, 0.5) is 13.2 Å². The van der Waals surface area contributed by atoms with Crippen LogP contribution in [0.5, 0.6) is 0 Å². The summed E-state index contributed by atoms with van der Waals surface area (Å²) in [6, 6.07) is 7.58. The first kappa shape index (κ1) is 16.7. The number of carbonyl (C=O) groups excluding carboxylic acids is 1. The van der Waals surface area contributed by atoms with E-state index in [2.05, 4.69) is 4.98 Å². The number of hydrogen-bond acceptors (Lipinski definition) is 4. The average Bonchev–Trinajstić information content (AvgIpc) is 2.87. The van der Waals surface area contributed by atoms with Crippen LogP contribution in [0.1, 0.15) is 32.9 Å². The molecule has 3 rings (SSSR count). The molecule has 0 radical (unpaired) electrons. The van der Waals surface area contributed by atoms with Gasteiger partial charge < -0.3 is 9.68 Å². The van der Waals surface area contributed by atoms with Gasteiger partial charge in [0.2, 0.25) is 0 Å². The minimum atomic E-state index is -4.60. The van der Waals surface area contributed by atoms with Crippen molar-refractivity contribution >= 4 is 18.4 Å². The van der Waals surface area contributed by atoms with E-state index < -0.39 is 24.8 Å². The third-order valence-electron chi connectivity index (χ3n) is 3.89. The molecule has 1 aromatic heterocycles. The summed E-state index contributed by atoms with van der Waals surface area (Å²) in [5.41, 5.74) is 0.673. The maximum atomic E-state index is 12.9. The van der Waals surface area contributed by atoms with Crippen LogP contribution >= 0.6 is 0 Å². The van der Waals surface area contributed by atoms with E-state index in [1.54, 1.807) is 18.2 Å². The summed E-state index contributed by atoms with van der Waals surface area (Å²) < 4.78 is 43.8. The van der Waals surface area contributed by atoms with Crippen molar-refractivity contribution in [2.24, 2.45) is 0 Å². The fourth-order valence-corrected chi connectivity index (χ4v) is 2.62. The first-order chi connectivity index (χ1) is 11.3. The lowest BCUT2D eigenvalue weighted by molar-refractivity contribution is -0.141. The molecular formula is C16H13BF3NO3. The number of aromatic nitrogens is 1. The highest BCUT2D eigenvalue weighted by Crippen LogP contribution is 2.30. The fraction of sp³-hybridized carbons (Fsp3) is 0.250. The molecule has 0 unspecified atom stereocenters. The third kappa shape index (κ3) is 3.20. The Bertz CT molecular complexity index is 808. The van der Waals surface area contributed by atoms with Gasteiger partial charge in [0, 0.05) is 6.42 Å². The fourth-order valence-electron chi connectivity index (χ4n) is 2.62. The maximum Gasteiger partial charge on any atom is 0.491 e. The first-order valence-electron chi connectivity index (χ1n) is 7.25. The van der Waals surface area contributed by atoms with Crippen molar-refractivity contribution in [3.63, 3.8) is 0 Å². The van der Waals surface area contributed by atoms with Crippen molar-refractivity contribution in [3.05, 3.63) is 58.4 Å². The zero-order valence-corrected chi connectivity index (χ0v) is 12.7. The van der Waals surface area contributed by atoms with Crippen LogP contribution in [0.25, 0.3) is 0 Å². The maximum absolute atomic E-state index is 12.9. The predicted octanol–water partition coefficient (Wildman–Crippen LogP) is 2.05. The van der Waals surface area contributed by atoms with E-state index in [9.17, 15) is 23.0 Å². The van der Waals surface area contributed by atoms with Gasteiger partial charge in [-0.2, -0.15) is 13.2 Å². The van der Waals surface area contributed by atoms with E-state index >= 15 is 0 Å². The number of hydrogen-bond donors (Lipinski definition) is 1. The highest BCUT2D eigenvalue weighted by atomic mass is 19.4. The van der Waals surface area contributed by atoms with Gasteiger partial charge in [0.25, 0.3) is 0 Å². The summed E-state index contributed by atoms with van der Waals surface area (Å²) in [6.07, 6.45) is -4.71. The molecule has 0 bridgehead atoms. The summed E-state index contributed by atoms with van der Waals surface area (Å²) in [5.74, 6) is -0.520. The summed E-state index contributed by atoms with van der Waals surface area (Å²) >= 11 is 0. The predicted molar refractivity (Wildman–Crippen MR) is 80.8 cm³/mol. The van der Waals surface area contributed by atoms with Crippen LogP contribution in [0.15, 0.2) is 30.3 Å². The molecule has 1 aromatic carbocycles. The quantitative estimate of drug-likeness (QED) is 0.689. The molecule has 0 fully saturated rings. The first-order valence-corrected chi connectivity index (χ1v) is 7.25. The van der Waals surface area contributed by atoms with Gasteiger partial charge in [0.1, 0.15) is 11.4 Å². The van der Waals surface area contributed by atoms with E-state index in [-0.39, 0.29) is 17.7 Å². The Morgan fingerprint density at radius 3 is 2.79 bits per heavy atom. The number of fused-ring (bicyclic) bond motifs is 1. The standard InChI is InChI=1S/C16H13BF3NO3/c1-9-2-5-13(21-15(9)16(18,19)20)14(22)7-10-3-4-11-8-24-17(23)12(11)6-10/h2-6,23H,7-8H2,1H3. The monoisotopic (exact) mass is 335 g/mol. The number of aryl methyl sites for hydroxylation is 1. The average molecular weight is 335 g/mol. The minimum Gasteiger partial charge on any atom is -0.423 e. The van der Waals surface area contributed by atoms with Crippen molar-refractivity contribution in [3.8, 4) is 0 Å². The molecule has 0 atom stereocenters. The molecule has 0 amide bonds. The molecule has 2 heterocycles. The Labute approximate surface area is 136 Å². The molecule has 1 N–H and O–H groups in total. The second-order valence-electron chi connectivity index (χ2n) is 5.66. The van der Waals surface area contributed by atoms with Gasteiger partial charge in [-0.05, 0) is 35.1 Å². The summed E-state index contributed by atoms with van der Waals surface area (Å²) in [4.78, 5) is 15.7. The van der Waals surface area contributed by atoms with Gasteiger partial charge in [0.05, 0.1) is 6.61 Å². The largest absolute Gasteiger partial charge is 0.491 e. The molecule has 0 saturated carbocycles. The van der Waals surface area contributed by atoms with Crippen LogP contribution in [-0.2, 0) is 23.9 Å². The second kappa shape index (κ2) is 6.03. The zero-order valence-electron chi connectivity index (χ0n) is 12.7. The number of nitrogens with zero attached hydrogens (tertiary/aromatic N) is 1. The van der Waals surface area contributed by atoms with Crippen LogP contribution < -0.4 is 5.46 Å². The lowest BCUT2D eigenvalue weighted by Crippen LogP contribution is -2.28. The second-order valence-corrected chi connectivity index (χ2v) is 5.66. The van der Waals surface area contributed by atoms with Gasteiger partial charge in [-0.15, -0.1) is 0 Å². The highest BCUT2D eigenvalue weighted by molar-refractivity contribution is 6.61. The SMILES string of the molecule is Cc1ccc(C(=O)Cc2ccc3c(c2)B(O)OC3)nc1C(F)(F)F. The Hall–Kier alpha value is -2.19.